The van der Waals surface area contributed by atoms with E-state index in [1.807, 2.05) is 30.3 Å². The van der Waals surface area contributed by atoms with Gasteiger partial charge in [-0.25, -0.2) is 9.67 Å². The third kappa shape index (κ3) is 4.15. The smallest absolute Gasteiger partial charge is 0.139 e. The Balaban J connectivity index is 1.14. The molecule has 10 rings (SSSR count). The molecule has 0 amide bonds. The molecule has 2 atom stereocenters. The highest BCUT2D eigenvalue weighted by Gasteiger charge is 2.54. The fraction of sp³-hybridized carbons (Fsp3) is 0.171. The summed E-state index contributed by atoms with van der Waals surface area (Å²) >= 11 is 0. The van der Waals surface area contributed by atoms with Crippen LogP contribution in [0.3, 0.4) is 0 Å². The largest absolute Gasteiger partial charge is 0.508 e. The van der Waals surface area contributed by atoms with Crippen LogP contribution in [0.4, 0.5) is 0 Å². The summed E-state index contributed by atoms with van der Waals surface area (Å²) in [5, 5.41) is 15.2. The molecule has 46 heavy (non-hydrogen) atoms. The first-order chi connectivity index (χ1) is 22.4. The summed E-state index contributed by atoms with van der Waals surface area (Å²) < 4.78 is 2.18. The van der Waals surface area contributed by atoms with Crippen molar-refractivity contribution < 1.29 is 5.11 Å². The number of nitrogens with one attached hydrogen (secondary N) is 1. The molecule has 0 saturated heterocycles. The SMILES string of the molecule is CC1(C)C2Cc3c(nn(-c4ccccc4)c3-c3ccc(-c4ccc(-c5ccc(O)cc5)c(-c5nc6ccccc6[nH]5)c4)cc3)C1C2. The molecule has 5 aromatic carbocycles. The van der Waals surface area contributed by atoms with Crippen molar-refractivity contribution in [2.24, 2.45) is 11.3 Å². The van der Waals surface area contributed by atoms with E-state index >= 15 is 0 Å². The van der Waals surface area contributed by atoms with Gasteiger partial charge >= 0.3 is 0 Å². The zero-order valence-corrected chi connectivity index (χ0v) is 25.9. The molecule has 2 unspecified atom stereocenters. The van der Waals surface area contributed by atoms with E-state index in [2.05, 4.69) is 102 Å². The topological polar surface area (TPSA) is 66.7 Å². The number of rotatable bonds is 5. The van der Waals surface area contributed by atoms with Crippen LogP contribution in [-0.4, -0.2) is 24.9 Å². The number of hydrogen-bond acceptors (Lipinski definition) is 3. The Morgan fingerprint density at radius 3 is 2.20 bits per heavy atom. The highest BCUT2D eigenvalue weighted by Crippen LogP contribution is 2.63. The molecule has 0 radical (unpaired) electrons. The highest BCUT2D eigenvalue weighted by atomic mass is 16.3. The molecule has 2 aromatic heterocycles. The average Bonchev–Trinajstić information content (AvgIpc) is 3.71. The second-order valence-electron chi connectivity index (χ2n) is 13.5. The predicted molar refractivity (Wildman–Crippen MR) is 185 cm³/mol. The lowest BCUT2D eigenvalue weighted by molar-refractivity contribution is 0.0163. The summed E-state index contributed by atoms with van der Waals surface area (Å²) in [4.78, 5) is 8.49. The van der Waals surface area contributed by atoms with Crippen LogP contribution in [0, 0.1) is 11.3 Å². The Hall–Kier alpha value is -5.42. The lowest BCUT2D eigenvalue weighted by Crippen LogP contribution is -2.48. The summed E-state index contributed by atoms with van der Waals surface area (Å²) in [6.45, 7) is 4.83. The van der Waals surface area contributed by atoms with Crippen molar-refractivity contribution in [1.82, 2.24) is 19.7 Å². The zero-order valence-electron chi connectivity index (χ0n) is 25.9. The Morgan fingerprint density at radius 2 is 1.43 bits per heavy atom. The van der Waals surface area contributed by atoms with Gasteiger partial charge in [0.05, 0.1) is 28.1 Å². The van der Waals surface area contributed by atoms with Gasteiger partial charge in [-0.3, -0.25) is 0 Å². The summed E-state index contributed by atoms with van der Waals surface area (Å²) in [7, 11) is 0. The molecular weight excluding hydrogens is 564 g/mol. The molecule has 2 N–H and O–H groups in total. The Labute approximate surface area is 268 Å². The van der Waals surface area contributed by atoms with Gasteiger partial charge in [0.1, 0.15) is 11.6 Å². The first-order valence-corrected chi connectivity index (χ1v) is 16.1. The van der Waals surface area contributed by atoms with Crippen LogP contribution in [-0.2, 0) is 6.42 Å². The van der Waals surface area contributed by atoms with Crippen LogP contribution in [0.2, 0.25) is 0 Å². The van der Waals surface area contributed by atoms with Crippen molar-refractivity contribution >= 4 is 11.0 Å². The standard InChI is InChI=1S/C41H34N4O/c1-41(2)29-23-34-38(35(41)24-29)44-45(30-8-4-3-5-9-30)39(34)27-14-12-25(13-15-27)28-18-21-32(26-16-19-31(46)20-17-26)33(22-28)40-42-36-10-6-7-11-37(36)43-40/h3-22,29,35,46H,23-24H2,1-2H3,(H,42,43). The highest BCUT2D eigenvalue weighted by molar-refractivity contribution is 5.88. The molecule has 224 valence electrons. The maximum atomic E-state index is 9.93. The van der Waals surface area contributed by atoms with Crippen molar-refractivity contribution in [2.45, 2.75) is 32.6 Å². The van der Waals surface area contributed by atoms with Gasteiger partial charge in [0, 0.05) is 22.6 Å². The summed E-state index contributed by atoms with van der Waals surface area (Å²) in [6.07, 6.45) is 2.33. The number of benzene rings is 5. The number of aromatic amines is 1. The molecule has 1 saturated carbocycles. The monoisotopic (exact) mass is 598 g/mol. The van der Waals surface area contributed by atoms with E-state index in [1.54, 1.807) is 12.1 Å². The van der Waals surface area contributed by atoms with Gasteiger partial charge in [-0.1, -0.05) is 92.7 Å². The Kier molecular flexibility index (Phi) is 5.88. The number of para-hydroxylation sites is 3. The van der Waals surface area contributed by atoms with E-state index in [4.69, 9.17) is 10.1 Å². The van der Waals surface area contributed by atoms with Gasteiger partial charge in [-0.15, -0.1) is 0 Å². The number of phenolic OH excluding ortho intramolecular Hbond substituents is 1. The summed E-state index contributed by atoms with van der Waals surface area (Å²) in [5.74, 6) is 2.30. The molecule has 1 fully saturated rings. The quantitative estimate of drug-likeness (QED) is 0.207. The van der Waals surface area contributed by atoms with Crippen LogP contribution >= 0.6 is 0 Å². The van der Waals surface area contributed by atoms with E-state index in [1.165, 1.54) is 28.9 Å². The van der Waals surface area contributed by atoms with Crippen molar-refractivity contribution in [1.29, 1.82) is 0 Å². The second-order valence-corrected chi connectivity index (χ2v) is 13.5. The zero-order chi connectivity index (χ0) is 31.0. The summed E-state index contributed by atoms with van der Waals surface area (Å²) in [6, 6.07) is 41.6. The molecular formula is C41H34N4O. The number of hydrogen-bond donors (Lipinski definition) is 2. The number of H-pyrrole nitrogens is 1. The van der Waals surface area contributed by atoms with E-state index in [0.29, 0.717) is 17.3 Å². The maximum absolute atomic E-state index is 9.93. The van der Waals surface area contributed by atoms with E-state index in [-0.39, 0.29) is 5.75 Å². The lowest BCUT2D eigenvalue weighted by atomic mass is 9.48. The van der Waals surface area contributed by atoms with Gasteiger partial charge in [-0.05, 0) is 88.9 Å². The fourth-order valence-electron chi connectivity index (χ4n) is 7.79. The Morgan fingerprint density at radius 1 is 0.739 bits per heavy atom. The minimum atomic E-state index is 0.251. The van der Waals surface area contributed by atoms with Crippen molar-refractivity contribution in [3.8, 4) is 56.3 Å². The molecule has 2 heterocycles. The second kappa shape index (κ2) is 10.0. The van der Waals surface area contributed by atoms with Crippen LogP contribution in [0.15, 0.2) is 121 Å². The van der Waals surface area contributed by atoms with Gasteiger partial charge in [-0.2, -0.15) is 5.10 Å². The molecule has 3 aliphatic rings. The van der Waals surface area contributed by atoms with Crippen molar-refractivity contribution in [3.05, 3.63) is 133 Å². The number of aromatic nitrogens is 4. The van der Waals surface area contributed by atoms with Crippen LogP contribution < -0.4 is 0 Å². The van der Waals surface area contributed by atoms with Crippen LogP contribution in [0.25, 0.3) is 61.6 Å². The lowest BCUT2D eigenvalue weighted by Gasteiger charge is -2.55. The minimum Gasteiger partial charge on any atom is -0.508 e. The van der Waals surface area contributed by atoms with Gasteiger partial charge in [0.15, 0.2) is 0 Å². The van der Waals surface area contributed by atoms with Gasteiger partial charge in [0.2, 0.25) is 0 Å². The number of aromatic hydroxyl groups is 1. The maximum Gasteiger partial charge on any atom is 0.139 e. The minimum absolute atomic E-state index is 0.251. The first kappa shape index (κ1) is 26.9. The van der Waals surface area contributed by atoms with E-state index in [0.717, 1.165) is 56.8 Å². The molecule has 0 aliphatic heterocycles. The first-order valence-electron chi connectivity index (χ1n) is 16.1. The van der Waals surface area contributed by atoms with E-state index in [9.17, 15) is 5.11 Å². The van der Waals surface area contributed by atoms with Crippen LogP contribution in [0.1, 0.15) is 37.4 Å². The fourth-order valence-corrected chi connectivity index (χ4v) is 7.79. The Bertz CT molecular complexity index is 2210. The molecule has 2 bridgehead atoms. The summed E-state index contributed by atoms with van der Waals surface area (Å²) in [5.41, 5.74) is 13.8. The number of imidazole rings is 1. The van der Waals surface area contributed by atoms with Crippen LogP contribution in [0.5, 0.6) is 5.75 Å². The third-order valence-electron chi connectivity index (χ3n) is 10.6. The molecule has 7 aromatic rings. The van der Waals surface area contributed by atoms with Crippen molar-refractivity contribution in [2.75, 3.05) is 0 Å². The molecule has 3 aliphatic carbocycles. The normalized spacial score (nSPS) is 17.9. The molecule has 5 nitrogen and oxygen atoms in total. The average molecular weight is 599 g/mol. The third-order valence-corrected chi connectivity index (χ3v) is 10.6. The molecule has 0 spiro atoms. The number of fused-ring (bicyclic) bond motifs is 1. The predicted octanol–water partition coefficient (Wildman–Crippen LogP) is 9.81. The van der Waals surface area contributed by atoms with Crippen molar-refractivity contribution in [3.63, 3.8) is 0 Å². The number of nitrogens with zero attached hydrogens (tertiary/aromatic N) is 3. The van der Waals surface area contributed by atoms with Gasteiger partial charge in [0.25, 0.3) is 0 Å². The molecule has 5 heteroatoms. The van der Waals surface area contributed by atoms with Gasteiger partial charge < -0.3 is 10.1 Å². The number of phenols is 1. The van der Waals surface area contributed by atoms with E-state index < -0.39 is 0 Å².